The first kappa shape index (κ1) is 11.4. The van der Waals surface area contributed by atoms with E-state index in [4.69, 9.17) is 9.47 Å². The third-order valence-corrected chi connectivity index (χ3v) is 3.48. The molecule has 0 radical (unpaired) electrons. The Morgan fingerprint density at radius 3 is 2.67 bits per heavy atom. The molecule has 3 atom stereocenters. The molecule has 2 aliphatic rings. The van der Waals surface area contributed by atoms with Crippen LogP contribution in [-0.2, 0) is 9.47 Å². The van der Waals surface area contributed by atoms with Crippen molar-refractivity contribution in [3.63, 3.8) is 0 Å². The molecular formula is C12H23NO2. The first-order valence-corrected chi connectivity index (χ1v) is 6.33. The van der Waals surface area contributed by atoms with E-state index in [1.807, 2.05) is 0 Å². The lowest BCUT2D eigenvalue weighted by molar-refractivity contribution is 0.0773. The van der Waals surface area contributed by atoms with Gasteiger partial charge in [-0.3, -0.25) is 0 Å². The fourth-order valence-electron chi connectivity index (χ4n) is 2.47. The van der Waals surface area contributed by atoms with E-state index in [9.17, 15) is 0 Å². The minimum Gasteiger partial charge on any atom is -0.378 e. The van der Waals surface area contributed by atoms with E-state index in [0.29, 0.717) is 18.2 Å². The molecule has 2 fully saturated rings. The van der Waals surface area contributed by atoms with E-state index >= 15 is 0 Å². The lowest BCUT2D eigenvalue weighted by Crippen LogP contribution is -2.38. The number of rotatable bonds is 5. The second-order valence-corrected chi connectivity index (χ2v) is 4.72. The monoisotopic (exact) mass is 213 g/mol. The summed E-state index contributed by atoms with van der Waals surface area (Å²) in [6, 6.07) is 0.494. The first-order valence-electron chi connectivity index (χ1n) is 6.33. The van der Waals surface area contributed by atoms with Crippen molar-refractivity contribution in [2.45, 2.75) is 57.3 Å². The molecule has 88 valence electrons. The van der Waals surface area contributed by atoms with Gasteiger partial charge >= 0.3 is 0 Å². The molecule has 0 spiro atoms. The minimum absolute atomic E-state index is 0.439. The predicted molar refractivity (Wildman–Crippen MR) is 60.0 cm³/mol. The minimum atomic E-state index is 0.439. The lowest BCUT2D eigenvalue weighted by Gasteiger charge is -2.20. The summed E-state index contributed by atoms with van der Waals surface area (Å²) in [6.07, 6.45) is 7.03. The highest BCUT2D eigenvalue weighted by Gasteiger charge is 2.22. The predicted octanol–water partition coefficient (Wildman–Crippen LogP) is 1.71. The third kappa shape index (κ3) is 3.44. The van der Waals surface area contributed by atoms with E-state index in [1.165, 1.54) is 25.7 Å². The Morgan fingerprint density at radius 2 is 2.00 bits per heavy atom. The second-order valence-electron chi connectivity index (χ2n) is 4.72. The van der Waals surface area contributed by atoms with Gasteiger partial charge in [0.25, 0.3) is 0 Å². The molecule has 3 nitrogen and oxygen atoms in total. The summed E-state index contributed by atoms with van der Waals surface area (Å²) in [5.41, 5.74) is 0. The zero-order valence-corrected chi connectivity index (χ0v) is 9.71. The van der Waals surface area contributed by atoms with Crippen molar-refractivity contribution in [1.82, 2.24) is 5.32 Å². The van der Waals surface area contributed by atoms with E-state index in [2.05, 4.69) is 12.2 Å². The Kier molecular flexibility index (Phi) is 4.42. The Bertz CT molecular complexity index is 174. The van der Waals surface area contributed by atoms with Crippen LogP contribution in [0.2, 0.25) is 0 Å². The normalized spacial score (nSPS) is 33.4. The molecule has 0 aromatic carbocycles. The van der Waals surface area contributed by atoms with Crippen molar-refractivity contribution in [1.29, 1.82) is 0 Å². The van der Waals surface area contributed by atoms with E-state index in [-0.39, 0.29) is 0 Å². The van der Waals surface area contributed by atoms with Gasteiger partial charge in [-0.25, -0.2) is 0 Å². The van der Waals surface area contributed by atoms with Crippen LogP contribution in [0, 0.1) is 0 Å². The van der Waals surface area contributed by atoms with Gasteiger partial charge in [0.15, 0.2) is 0 Å². The zero-order valence-electron chi connectivity index (χ0n) is 9.71. The summed E-state index contributed by atoms with van der Waals surface area (Å²) < 4.78 is 11.2. The molecule has 3 unspecified atom stereocenters. The highest BCUT2D eigenvalue weighted by atomic mass is 16.5. The van der Waals surface area contributed by atoms with Gasteiger partial charge in [0, 0.05) is 19.3 Å². The summed E-state index contributed by atoms with van der Waals surface area (Å²) in [5, 5.41) is 3.55. The van der Waals surface area contributed by atoms with Crippen LogP contribution < -0.4 is 5.32 Å². The number of ether oxygens (including phenoxy) is 2. The average molecular weight is 213 g/mol. The highest BCUT2D eigenvalue weighted by Crippen LogP contribution is 2.17. The van der Waals surface area contributed by atoms with Crippen LogP contribution in [0.5, 0.6) is 0 Å². The quantitative estimate of drug-likeness (QED) is 0.754. The van der Waals surface area contributed by atoms with E-state index in [1.54, 1.807) is 0 Å². The van der Waals surface area contributed by atoms with Gasteiger partial charge in [0.05, 0.1) is 12.2 Å². The number of nitrogens with one attached hydrogen (secondary N) is 1. The molecule has 3 heteroatoms. The van der Waals surface area contributed by atoms with Gasteiger partial charge in [-0.1, -0.05) is 0 Å². The van der Waals surface area contributed by atoms with Gasteiger partial charge in [0.1, 0.15) is 0 Å². The molecule has 2 aliphatic heterocycles. The van der Waals surface area contributed by atoms with Gasteiger partial charge < -0.3 is 14.8 Å². The molecule has 2 rings (SSSR count). The van der Waals surface area contributed by atoms with Crippen molar-refractivity contribution >= 4 is 0 Å². The molecule has 0 aromatic heterocycles. The van der Waals surface area contributed by atoms with Crippen LogP contribution in [-0.4, -0.2) is 38.0 Å². The second kappa shape index (κ2) is 5.83. The van der Waals surface area contributed by atoms with Crippen molar-refractivity contribution in [2.75, 3.05) is 19.8 Å². The Labute approximate surface area is 92.5 Å². The van der Waals surface area contributed by atoms with Crippen molar-refractivity contribution in [3.05, 3.63) is 0 Å². The van der Waals surface area contributed by atoms with Gasteiger partial charge in [-0.15, -0.1) is 0 Å². The fraction of sp³-hybridized carbons (Fsp3) is 1.00. The average Bonchev–Trinajstić information content (AvgIpc) is 2.90. The maximum Gasteiger partial charge on any atom is 0.0726 e. The first-order chi connectivity index (χ1) is 7.36. The van der Waals surface area contributed by atoms with Gasteiger partial charge in [0.2, 0.25) is 0 Å². The molecule has 1 N–H and O–H groups in total. The van der Waals surface area contributed by atoms with E-state index < -0.39 is 0 Å². The molecule has 2 saturated heterocycles. The van der Waals surface area contributed by atoms with Crippen LogP contribution in [0.25, 0.3) is 0 Å². The molecule has 0 amide bonds. The molecule has 0 aromatic rings. The van der Waals surface area contributed by atoms with Gasteiger partial charge in [-0.2, -0.15) is 0 Å². The maximum atomic E-state index is 5.64. The fourth-order valence-corrected chi connectivity index (χ4v) is 2.47. The van der Waals surface area contributed by atoms with Crippen LogP contribution in [0.3, 0.4) is 0 Å². The van der Waals surface area contributed by atoms with Crippen LogP contribution >= 0.6 is 0 Å². The standard InChI is InChI=1S/C12H23NO2/c1-10(12-5-3-9-15-12)13-7-6-11-4-2-8-14-11/h10-13H,2-9H2,1H3. The number of hydrogen-bond donors (Lipinski definition) is 1. The Balaban J connectivity index is 1.56. The summed E-state index contributed by atoms with van der Waals surface area (Å²) >= 11 is 0. The number of hydrogen-bond acceptors (Lipinski definition) is 3. The molecule has 15 heavy (non-hydrogen) atoms. The van der Waals surface area contributed by atoms with Crippen molar-refractivity contribution in [3.8, 4) is 0 Å². The van der Waals surface area contributed by atoms with Crippen LogP contribution in [0.4, 0.5) is 0 Å². The molecular weight excluding hydrogens is 190 g/mol. The summed E-state index contributed by atoms with van der Waals surface area (Å²) in [6.45, 7) is 5.20. The topological polar surface area (TPSA) is 30.5 Å². The Morgan fingerprint density at radius 1 is 1.20 bits per heavy atom. The third-order valence-electron chi connectivity index (χ3n) is 3.48. The summed E-state index contributed by atoms with van der Waals surface area (Å²) in [5.74, 6) is 0. The summed E-state index contributed by atoms with van der Waals surface area (Å²) in [7, 11) is 0. The highest BCUT2D eigenvalue weighted by molar-refractivity contribution is 4.77. The van der Waals surface area contributed by atoms with Crippen LogP contribution in [0.15, 0.2) is 0 Å². The summed E-state index contributed by atoms with van der Waals surface area (Å²) in [4.78, 5) is 0. The molecule has 0 bridgehead atoms. The lowest BCUT2D eigenvalue weighted by atomic mass is 10.1. The maximum absolute atomic E-state index is 5.64. The SMILES string of the molecule is CC(NCCC1CCCO1)C1CCCO1. The van der Waals surface area contributed by atoms with Crippen LogP contribution in [0.1, 0.15) is 39.0 Å². The molecule has 0 saturated carbocycles. The zero-order chi connectivity index (χ0) is 10.5. The molecule has 2 heterocycles. The van der Waals surface area contributed by atoms with Crippen molar-refractivity contribution in [2.24, 2.45) is 0 Å². The smallest absolute Gasteiger partial charge is 0.0726 e. The van der Waals surface area contributed by atoms with Gasteiger partial charge in [-0.05, 0) is 45.6 Å². The van der Waals surface area contributed by atoms with Crippen molar-refractivity contribution < 1.29 is 9.47 Å². The Hall–Kier alpha value is -0.120. The molecule has 0 aliphatic carbocycles. The van der Waals surface area contributed by atoms with E-state index in [0.717, 1.165) is 26.2 Å². The largest absolute Gasteiger partial charge is 0.378 e.